The molecule has 0 atom stereocenters. The Bertz CT molecular complexity index is 561. The summed E-state index contributed by atoms with van der Waals surface area (Å²) < 4.78 is 1.65. The van der Waals surface area contributed by atoms with Gasteiger partial charge in [-0.2, -0.15) is 4.98 Å². The third-order valence-corrected chi connectivity index (χ3v) is 2.04. The van der Waals surface area contributed by atoms with E-state index in [1.807, 2.05) is 60.8 Å². The Balaban J connectivity index is 0.000000153. The molecule has 0 saturated carbocycles. The number of hydrogen-bond acceptors (Lipinski definition) is 2. The maximum atomic E-state index is 5.13. The second kappa shape index (κ2) is 5.47. The quantitative estimate of drug-likeness (QED) is 0.546. The van der Waals surface area contributed by atoms with Gasteiger partial charge in [0.1, 0.15) is 0 Å². The van der Waals surface area contributed by atoms with Gasteiger partial charge in [0, 0.05) is 6.20 Å². The van der Waals surface area contributed by atoms with E-state index in [9.17, 15) is 0 Å². The van der Waals surface area contributed by atoms with Crippen LogP contribution < -0.4 is 0 Å². The van der Waals surface area contributed by atoms with Gasteiger partial charge in [-0.15, -0.1) is 11.5 Å². The van der Waals surface area contributed by atoms with Crippen molar-refractivity contribution in [2.24, 2.45) is 0 Å². The van der Waals surface area contributed by atoms with E-state index in [-0.39, 0.29) is 0 Å². The largest absolute Gasteiger partial charge is 0.226 e. The minimum atomic E-state index is 0.427. The maximum Gasteiger partial charge on any atom is 0.226 e. The zero-order valence-electron chi connectivity index (χ0n) is 9.19. The van der Waals surface area contributed by atoms with Crippen LogP contribution >= 0.6 is 0 Å². The van der Waals surface area contributed by atoms with Gasteiger partial charge in [0.2, 0.25) is 5.82 Å². The summed E-state index contributed by atoms with van der Waals surface area (Å²) in [6.45, 7) is 0. The summed E-state index contributed by atoms with van der Waals surface area (Å²) in [5.74, 6) is 2.80. The first-order valence-electron chi connectivity index (χ1n) is 5.18. The Morgan fingerprint density at radius 1 is 0.941 bits per heavy atom. The fourth-order valence-corrected chi connectivity index (χ4v) is 1.28. The van der Waals surface area contributed by atoms with Crippen LogP contribution in [0.3, 0.4) is 0 Å². The summed E-state index contributed by atoms with van der Waals surface area (Å²) in [6, 6.07) is 17.6. The van der Waals surface area contributed by atoms with Crippen LogP contribution in [-0.4, -0.2) is 14.6 Å². The Morgan fingerprint density at radius 2 is 1.59 bits per heavy atom. The van der Waals surface area contributed by atoms with E-state index in [1.165, 1.54) is 0 Å². The second-order valence-electron chi connectivity index (χ2n) is 3.24. The highest BCUT2D eigenvalue weighted by Gasteiger charge is 1.96. The number of hydrogen-bond donors (Lipinski definition) is 0. The van der Waals surface area contributed by atoms with Crippen LogP contribution in [0.4, 0.5) is 0 Å². The molecule has 0 aliphatic rings. The molecular formula is C14H11N3. The number of fused-ring (bicyclic) bond motifs is 1. The molecule has 3 nitrogen and oxygen atoms in total. The molecule has 0 amide bonds. The molecule has 0 saturated heterocycles. The lowest BCUT2D eigenvalue weighted by Gasteiger charge is -1.84. The molecule has 2 heterocycles. The van der Waals surface area contributed by atoms with Crippen LogP contribution in [0.15, 0.2) is 60.8 Å². The van der Waals surface area contributed by atoms with Gasteiger partial charge in [-0.3, -0.25) is 0 Å². The van der Waals surface area contributed by atoms with Crippen LogP contribution in [0.2, 0.25) is 0 Å². The van der Waals surface area contributed by atoms with E-state index in [4.69, 9.17) is 6.42 Å². The van der Waals surface area contributed by atoms with Crippen LogP contribution in [0, 0.1) is 12.3 Å². The lowest BCUT2D eigenvalue weighted by Crippen LogP contribution is -1.83. The molecule has 1 aromatic carbocycles. The summed E-state index contributed by atoms with van der Waals surface area (Å²) in [5, 5.41) is 4.00. The van der Waals surface area contributed by atoms with Gasteiger partial charge in [-0.1, -0.05) is 42.5 Å². The molecule has 0 aliphatic heterocycles. The first kappa shape index (κ1) is 10.9. The molecule has 3 aromatic rings. The topological polar surface area (TPSA) is 30.2 Å². The van der Waals surface area contributed by atoms with Crippen molar-refractivity contribution < 1.29 is 0 Å². The molecule has 0 aliphatic carbocycles. The van der Waals surface area contributed by atoms with Crippen molar-refractivity contribution in [3.8, 4) is 12.3 Å². The first-order chi connectivity index (χ1) is 8.40. The highest BCUT2D eigenvalue weighted by Crippen LogP contribution is 1.97. The number of aromatic nitrogens is 3. The van der Waals surface area contributed by atoms with Gasteiger partial charge in [0.05, 0.1) is 0 Å². The van der Waals surface area contributed by atoms with Crippen molar-refractivity contribution in [2.75, 3.05) is 0 Å². The normalized spacial score (nSPS) is 9.12. The van der Waals surface area contributed by atoms with Crippen molar-refractivity contribution in [1.29, 1.82) is 0 Å². The summed E-state index contributed by atoms with van der Waals surface area (Å²) in [4.78, 5) is 4.05. The van der Waals surface area contributed by atoms with E-state index in [0.717, 1.165) is 5.65 Å². The van der Waals surface area contributed by atoms with E-state index < -0.39 is 0 Å². The first-order valence-corrected chi connectivity index (χ1v) is 5.18. The van der Waals surface area contributed by atoms with Gasteiger partial charge in [-0.05, 0) is 18.1 Å². The average Bonchev–Trinajstić information content (AvgIpc) is 2.84. The number of terminal acetylenes is 1. The third kappa shape index (κ3) is 2.93. The van der Waals surface area contributed by atoms with Gasteiger partial charge in [0.25, 0.3) is 0 Å². The van der Waals surface area contributed by atoms with Crippen LogP contribution in [0.25, 0.3) is 5.65 Å². The van der Waals surface area contributed by atoms with Gasteiger partial charge in [-0.25, -0.2) is 4.52 Å². The summed E-state index contributed by atoms with van der Waals surface area (Å²) >= 11 is 0. The molecule has 0 fully saturated rings. The molecule has 82 valence electrons. The molecule has 0 spiro atoms. The van der Waals surface area contributed by atoms with Crippen molar-refractivity contribution in [2.45, 2.75) is 0 Å². The van der Waals surface area contributed by atoms with Crippen molar-refractivity contribution in [3.05, 3.63) is 66.6 Å². The van der Waals surface area contributed by atoms with E-state index >= 15 is 0 Å². The van der Waals surface area contributed by atoms with Crippen molar-refractivity contribution >= 4 is 5.65 Å². The maximum absolute atomic E-state index is 5.13. The van der Waals surface area contributed by atoms with E-state index in [2.05, 4.69) is 16.0 Å². The summed E-state index contributed by atoms with van der Waals surface area (Å²) in [7, 11) is 0. The molecule has 0 unspecified atom stereocenters. The predicted molar refractivity (Wildman–Crippen MR) is 67.4 cm³/mol. The molecule has 0 bridgehead atoms. The Kier molecular flexibility index (Phi) is 3.51. The third-order valence-electron chi connectivity index (χ3n) is 2.04. The number of nitrogens with zero attached hydrogens (tertiary/aromatic N) is 3. The van der Waals surface area contributed by atoms with Crippen LogP contribution in [0.1, 0.15) is 5.82 Å². The SMILES string of the molecule is C#Cc1nc2ccccn2n1.c1ccccc1. The van der Waals surface area contributed by atoms with Crippen molar-refractivity contribution in [3.63, 3.8) is 0 Å². The molecule has 3 heteroatoms. The Hall–Kier alpha value is -2.60. The number of rotatable bonds is 0. The lowest BCUT2D eigenvalue weighted by atomic mass is 10.4. The van der Waals surface area contributed by atoms with Crippen LogP contribution in [0.5, 0.6) is 0 Å². The molecular weight excluding hydrogens is 210 g/mol. The highest BCUT2D eigenvalue weighted by atomic mass is 15.3. The zero-order chi connectivity index (χ0) is 11.9. The zero-order valence-corrected chi connectivity index (χ0v) is 9.19. The lowest BCUT2D eigenvalue weighted by molar-refractivity contribution is 0.952. The van der Waals surface area contributed by atoms with E-state index in [1.54, 1.807) is 4.52 Å². The van der Waals surface area contributed by atoms with Gasteiger partial charge in [0.15, 0.2) is 5.65 Å². The molecule has 0 N–H and O–H groups in total. The molecule has 3 rings (SSSR count). The molecule has 0 radical (unpaired) electrons. The number of benzene rings is 1. The minimum absolute atomic E-state index is 0.427. The minimum Gasteiger partial charge on any atom is -0.220 e. The fraction of sp³-hybridized carbons (Fsp3) is 0. The Morgan fingerprint density at radius 3 is 2.12 bits per heavy atom. The molecule has 2 aromatic heterocycles. The van der Waals surface area contributed by atoms with Gasteiger partial charge >= 0.3 is 0 Å². The number of pyridine rings is 1. The predicted octanol–water partition coefficient (Wildman–Crippen LogP) is 2.40. The van der Waals surface area contributed by atoms with Gasteiger partial charge < -0.3 is 0 Å². The average molecular weight is 221 g/mol. The van der Waals surface area contributed by atoms with E-state index in [0.29, 0.717) is 5.82 Å². The van der Waals surface area contributed by atoms with Crippen LogP contribution in [-0.2, 0) is 0 Å². The molecule has 17 heavy (non-hydrogen) atoms. The summed E-state index contributed by atoms with van der Waals surface area (Å²) in [5.41, 5.74) is 0.778. The Labute approximate surface area is 99.7 Å². The standard InChI is InChI=1S/C8H5N3.C6H6/c1-2-7-9-8-5-3-4-6-11(8)10-7;1-2-4-6-5-3-1/h1,3-6H;1-6H. The van der Waals surface area contributed by atoms with Crippen molar-refractivity contribution in [1.82, 2.24) is 14.6 Å². The second-order valence-corrected chi connectivity index (χ2v) is 3.24. The monoisotopic (exact) mass is 221 g/mol. The highest BCUT2D eigenvalue weighted by molar-refractivity contribution is 5.38. The smallest absolute Gasteiger partial charge is 0.220 e. The summed E-state index contributed by atoms with van der Waals surface area (Å²) in [6.07, 6.45) is 6.93. The fourth-order valence-electron chi connectivity index (χ4n) is 1.28.